The van der Waals surface area contributed by atoms with Gasteiger partial charge in [-0.2, -0.15) is 0 Å². The molecule has 1 rings (SSSR count). The van der Waals surface area contributed by atoms with E-state index < -0.39 is 0 Å². The Morgan fingerprint density at radius 3 is 2.78 bits per heavy atom. The zero-order chi connectivity index (χ0) is 6.69. The van der Waals surface area contributed by atoms with Crippen molar-refractivity contribution >= 4 is 22.6 Å². The van der Waals surface area contributed by atoms with E-state index in [0.717, 1.165) is 6.42 Å². The summed E-state index contributed by atoms with van der Waals surface area (Å²) in [6, 6.07) is 2.15. The van der Waals surface area contributed by atoms with Crippen molar-refractivity contribution in [3.8, 4) is 0 Å². The van der Waals surface area contributed by atoms with Crippen molar-refractivity contribution in [1.82, 2.24) is 4.98 Å². The first-order valence-electron chi connectivity index (χ1n) is 2.92. The van der Waals surface area contributed by atoms with Crippen LogP contribution in [0.4, 0.5) is 0 Å². The predicted octanol–water partition coefficient (Wildman–Crippen LogP) is 2.25. The van der Waals surface area contributed by atoms with Crippen molar-refractivity contribution in [3.05, 3.63) is 27.6 Å². The van der Waals surface area contributed by atoms with Gasteiger partial charge in [0.25, 0.3) is 0 Å². The third-order valence-electron chi connectivity index (χ3n) is 1.17. The Balaban J connectivity index is 2.94. The number of nitrogens with zero attached hydrogens (tertiary/aromatic N) is 1. The van der Waals surface area contributed by atoms with Crippen LogP contribution in [0.1, 0.15) is 12.5 Å². The molecule has 0 saturated heterocycles. The minimum atomic E-state index is 1.07. The van der Waals surface area contributed by atoms with Gasteiger partial charge in [0.15, 0.2) is 0 Å². The highest BCUT2D eigenvalue weighted by Crippen LogP contribution is 2.04. The first kappa shape index (κ1) is 6.99. The van der Waals surface area contributed by atoms with Crippen LogP contribution in [0.15, 0.2) is 18.5 Å². The van der Waals surface area contributed by atoms with Crippen LogP contribution in [-0.4, -0.2) is 4.98 Å². The first-order chi connectivity index (χ1) is 4.33. The lowest BCUT2D eigenvalue weighted by Gasteiger charge is -1.93. The molecule has 1 aromatic heterocycles. The molecule has 1 heterocycles. The average Bonchev–Trinajstić information content (AvgIpc) is 1.88. The summed E-state index contributed by atoms with van der Waals surface area (Å²) >= 11 is 2.27. The highest BCUT2D eigenvalue weighted by Gasteiger charge is 1.88. The minimum absolute atomic E-state index is 1.07. The Labute approximate surface area is 68.6 Å². The van der Waals surface area contributed by atoms with Crippen molar-refractivity contribution in [2.75, 3.05) is 0 Å². The van der Waals surface area contributed by atoms with Gasteiger partial charge in [-0.05, 0) is 40.6 Å². The number of rotatable bonds is 1. The topological polar surface area (TPSA) is 12.9 Å². The number of aryl methyl sites for hydroxylation is 1. The molecule has 1 aromatic rings. The molecule has 0 aliphatic rings. The lowest BCUT2D eigenvalue weighted by molar-refractivity contribution is 1.10. The Hall–Kier alpha value is -0.120. The van der Waals surface area contributed by atoms with Crippen molar-refractivity contribution in [2.45, 2.75) is 13.3 Å². The van der Waals surface area contributed by atoms with Gasteiger partial charge in [0.1, 0.15) is 0 Å². The van der Waals surface area contributed by atoms with Gasteiger partial charge in [-0.15, -0.1) is 0 Å². The molecule has 0 aromatic carbocycles. The third-order valence-corrected chi connectivity index (χ3v) is 1.76. The van der Waals surface area contributed by atoms with Gasteiger partial charge in [-0.1, -0.05) is 6.92 Å². The van der Waals surface area contributed by atoms with E-state index in [-0.39, 0.29) is 0 Å². The first-order valence-corrected chi connectivity index (χ1v) is 4.00. The van der Waals surface area contributed by atoms with Crippen molar-refractivity contribution in [1.29, 1.82) is 0 Å². The van der Waals surface area contributed by atoms with Crippen LogP contribution < -0.4 is 0 Å². The largest absolute Gasteiger partial charge is 0.263 e. The lowest BCUT2D eigenvalue weighted by atomic mass is 10.2. The summed E-state index contributed by atoms with van der Waals surface area (Å²) in [5.41, 5.74) is 1.31. The zero-order valence-corrected chi connectivity index (χ0v) is 7.42. The normalized spacial score (nSPS) is 9.56. The average molecular weight is 233 g/mol. The quantitative estimate of drug-likeness (QED) is 0.678. The molecule has 0 radical (unpaired) electrons. The van der Waals surface area contributed by atoms with Crippen molar-refractivity contribution in [3.63, 3.8) is 0 Å². The molecule has 0 fully saturated rings. The fourth-order valence-corrected chi connectivity index (χ4v) is 1.21. The van der Waals surface area contributed by atoms with Crippen LogP contribution in [0.5, 0.6) is 0 Å². The SMILES string of the molecule is CCc1cncc(I)c1. The number of pyridine rings is 1. The van der Waals surface area contributed by atoms with Gasteiger partial charge in [0.05, 0.1) is 0 Å². The van der Waals surface area contributed by atoms with Crippen molar-refractivity contribution in [2.24, 2.45) is 0 Å². The molecule has 0 aliphatic heterocycles. The van der Waals surface area contributed by atoms with Gasteiger partial charge in [-0.3, -0.25) is 4.98 Å². The van der Waals surface area contributed by atoms with Crippen LogP contribution in [0.25, 0.3) is 0 Å². The molecule has 9 heavy (non-hydrogen) atoms. The molecular weight excluding hydrogens is 225 g/mol. The summed E-state index contributed by atoms with van der Waals surface area (Å²) in [4.78, 5) is 4.05. The number of aromatic nitrogens is 1. The molecule has 0 spiro atoms. The maximum absolute atomic E-state index is 4.05. The van der Waals surface area contributed by atoms with E-state index in [4.69, 9.17) is 0 Å². The third kappa shape index (κ3) is 1.93. The second-order valence-electron chi connectivity index (χ2n) is 1.86. The molecule has 0 saturated carbocycles. The molecule has 0 bridgehead atoms. The standard InChI is InChI=1S/C7H8IN/c1-2-6-3-7(8)5-9-4-6/h3-5H,2H2,1H3. The van der Waals surface area contributed by atoms with E-state index in [1.807, 2.05) is 12.4 Å². The fourth-order valence-electron chi connectivity index (χ4n) is 0.649. The van der Waals surface area contributed by atoms with Crippen LogP contribution >= 0.6 is 22.6 Å². The maximum atomic E-state index is 4.05. The Bertz CT molecular complexity index is 198. The Morgan fingerprint density at radius 2 is 2.33 bits per heavy atom. The molecule has 2 heteroatoms. The number of hydrogen-bond acceptors (Lipinski definition) is 1. The molecule has 0 unspecified atom stereocenters. The van der Waals surface area contributed by atoms with E-state index in [1.165, 1.54) is 9.13 Å². The summed E-state index contributed by atoms with van der Waals surface area (Å²) in [5.74, 6) is 0. The van der Waals surface area contributed by atoms with E-state index in [1.54, 1.807) is 0 Å². The second kappa shape index (κ2) is 3.15. The predicted molar refractivity (Wildman–Crippen MR) is 46.3 cm³/mol. The Kier molecular flexibility index (Phi) is 2.45. The van der Waals surface area contributed by atoms with Crippen molar-refractivity contribution < 1.29 is 0 Å². The molecule has 1 nitrogen and oxygen atoms in total. The van der Waals surface area contributed by atoms with E-state index in [0.29, 0.717) is 0 Å². The number of halogens is 1. The molecular formula is C7H8IN. The fraction of sp³-hybridized carbons (Fsp3) is 0.286. The summed E-state index contributed by atoms with van der Waals surface area (Å²) in [5, 5.41) is 0. The molecule has 0 aliphatic carbocycles. The van der Waals surface area contributed by atoms with Crippen LogP contribution in [0.2, 0.25) is 0 Å². The zero-order valence-electron chi connectivity index (χ0n) is 5.26. The van der Waals surface area contributed by atoms with Gasteiger partial charge < -0.3 is 0 Å². The van der Waals surface area contributed by atoms with E-state index in [2.05, 4.69) is 40.6 Å². The summed E-state index contributed by atoms with van der Waals surface area (Å²) in [6.45, 7) is 2.13. The minimum Gasteiger partial charge on any atom is -0.263 e. The van der Waals surface area contributed by atoms with Gasteiger partial charge >= 0.3 is 0 Å². The highest BCUT2D eigenvalue weighted by molar-refractivity contribution is 14.1. The lowest BCUT2D eigenvalue weighted by Crippen LogP contribution is -1.82. The summed E-state index contributed by atoms with van der Waals surface area (Å²) in [6.07, 6.45) is 4.84. The Morgan fingerprint density at radius 1 is 1.56 bits per heavy atom. The maximum Gasteiger partial charge on any atom is 0.0401 e. The molecule has 0 atom stereocenters. The van der Waals surface area contributed by atoms with Gasteiger partial charge in [-0.25, -0.2) is 0 Å². The van der Waals surface area contributed by atoms with Crippen LogP contribution in [-0.2, 0) is 6.42 Å². The van der Waals surface area contributed by atoms with Crippen LogP contribution in [0.3, 0.4) is 0 Å². The molecule has 48 valence electrons. The molecule has 0 amide bonds. The monoisotopic (exact) mass is 233 g/mol. The second-order valence-corrected chi connectivity index (χ2v) is 3.11. The highest BCUT2D eigenvalue weighted by atomic mass is 127. The van der Waals surface area contributed by atoms with Gasteiger partial charge in [0, 0.05) is 16.0 Å². The smallest absolute Gasteiger partial charge is 0.0401 e. The number of hydrogen-bond donors (Lipinski definition) is 0. The van der Waals surface area contributed by atoms with Crippen LogP contribution in [0, 0.1) is 3.57 Å². The van der Waals surface area contributed by atoms with Gasteiger partial charge in [0.2, 0.25) is 0 Å². The molecule has 0 N–H and O–H groups in total. The summed E-state index contributed by atoms with van der Waals surface area (Å²) in [7, 11) is 0. The van der Waals surface area contributed by atoms with E-state index >= 15 is 0 Å². The van der Waals surface area contributed by atoms with E-state index in [9.17, 15) is 0 Å². The summed E-state index contributed by atoms with van der Waals surface area (Å²) < 4.78 is 1.21.